The van der Waals surface area contributed by atoms with E-state index >= 15 is 0 Å². The lowest BCUT2D eigenvalue weighted by atomic mass is 10.0. The molecule has 1 fully saturated rings. The van der Waals surface area contributed by atoms with Gasteiger partial charge in [-0.1, -0.05) is 52.4 Å². The molecule has 0 spiro atoms. The smallest absolute Gasteiger partial charge is 0.423 e. The van der Waals surface area contributed by atoms with Crippen LogP contribution in [0.25, 0.3) is 22.2 Å². The molecular formula is C28H33F5N6O3. The molecule has 0 radical (unpaired) electrons. The number of nitrogen functional groups attached to an aromatic ring is 1. The van der Waals surface area contributed by atoms with Crippen molar-refractivity contribution < 1.29 is 26.7 Å². The molecule has 4 aromatic rings. The summed E-state index contributed by atoms with van der Waals surface area (Å²) in [4.78, 5) is 30.4. The molecule has 9 nitrogen and oxygen atoms in total. The number of H-pyrrole nitrogens is 1. The zero-order valence-corrected chi connectivity index (χ0v) is 23.7. The maximum absolute atomic E-state index is 14.3. The van der Waals surface area contributed by atoms with Crippen LogP contribution >= 0.6 is 0 Å². The molecule has 0 saturated heterocycles. The van der Waals surface area contributed by atoms with Gasteiger partial charge < -0.3 is 15.0 Å². The average molecular weight is 597 g/mol. The van der Waals surface area contributed by atoms with E-state index in [-0.39, 0.29) is 22.2 Å². The molecule has 1 aliphatic carbocycles. The first-order valence-electron chi connectivity index (χ1n) is 13.2. The van der Waals surface area contributed by atoms with E-state index < -0.39 is 40.2 Å². The number of nitrogens with two attached hydrogens (primary N) is 1. The van der Waals surface area contributed by atoms with Gasteiger partial charge in [0, 0.05) is 13.2 Å². The van der Waals surface area contributed by atoms with Crippen molar-refractivity contribution in [2.24, 2.45) is 7.05 Å². The number of pyridine rings is 1. The molecule has 0 atom stereocenters. The van der Waals surface area contributed by atoms with Gasteiger partial charge in [-0.2, -0.15) is 18.3 Å². The number of nitrogens with zero attached hydrogens (tertiary/aromatic N) is 4. The molecule has 1 aliphatic rings. The number of fused-ring (bicyclic) bond motifs is 1. The number of hydrogen-bond donors (Lipinski definition) is 2. The largest absolute Gasteiger partial charge is 0.494 e. The highest BCUT2D eigenvalue weighted by molar-refractivity contribution is 5.86. The van der Waals surface area contributed by atoms with Gasteiger partial charge in [0.25, 0.3) is 11.1 Å². The highest BCUT2D eigenvalue weighted by Gasteiger charge is 2.36. The molecule has 14 heteroatoms. The molecule has 1 aromatic carbocycles. The number of hydrogen-bond acceptors (Lipinski definition) is 7. The monoisotopic (exact) mass is 596 g/mol. The number of alkyl halides is 3. The molecule has 3 N–H and O–H groups in total. The summed E-state index contributed by atoms with van der Waals surface area (Å²) in [6.07, 6.45) is 9.20. The van der Waals surface area contributed by atoms with Crippen molar-refractivity contribution in [3.8, 4) is 17.1 Å². The fourth-order valence-corrected chi connectivity index (χ4v) is 3.92. The summed E-state index contributed by atoms with van der Waals surface area (Å²) in [7, 11) is 2.92. The van der Waals surface area contributed by atoms with E-state index in [1.807, 2.05) is 13.8 Å². The van der Waals surface area contributed by atoms with Crippen LogP contribution in [0.2, 0.25) is 0 Å². The number of methoxy groups -OCH3 is 1. The van der Waals surface area contributed by atoms with Crippen LogP contribution in [0.5, 0.6) is 5.75 Å². The van der Waals surface area contributed by atoms with Gasteiger partial charge in [0.1, 0.15) is 5.56 Å². The Balaban J connectivity index is 0.000000257. The summed E-state index contributed by atoms with van der Waals surface area (Å²) in [5, 5.41) is 4.73. The van der Waals surface area contributed by atoms with Gasteiger partial charge in [-0.3, -0.25) is 9.59 Å². The SMILES string of the molecule is C1CCCCC1.CC.COc1cnc(-c2cc3ccn(C)c(=O)c3c(F)c2F)nc1.Nc1cn[nH]c(=O)c1C(F)(F)F. The predicted octanol–water partition coefficient (Wildman–Crippen LogP) is 6.02. The lowest BCUT2D eigenvalue weighted by Gasteiger charge is -2.08. The summed E-state index contributed by atoms with van der Waals surface area (Å²) in [5.74, 6) is -1.94. The van der Waals surface area contributed by atoms with Gasteiger partial charge >= 0.3 is 6.18 Å². The minimum atomic E-state index is -4.74. The van der Waals surface area contributed by atoms with Crippen LogP contribution in [0.15, 0.2) is 46.5 Å². The van der Waals surface area contributed by atoms with Crippen LogP contribution in [0.3, 0.4) is 0 Å². The second kappa shape index (κ2) is 15.6. The number of aromatic amines is 1. The van der Waals surface area contributed by atoms with Crippen molar-refractivity contribution in [3.05, 3.63) is 74.8 Å². The fraction of sp³-hybridized carbons (Fsp3) is 0.393. The van der Waals surface area contributed by atoms with E-state index in [9.17, 15) is 31.5 Å². The first-order chi connectivity index (χ1) is 20.0. The van der Waals surface area contributed by atoms with E-state index in [0.29, 0.717) is 5.75 Å². The Kier molecular flexibility index (Phi) is 12.6. The molecule has 0 bridgehead atoms. The summed E-state index contributed by atoms with van der Waals surface area (Å²) in [5.41, 5.74) is 0.783. The Morgan fingerprint density at radius 2 is 1.50 bits per heavy atom. The Hall–Kier alpha value is -4.36. The summed E-state index contributed by atoms with van der Waals surface area (Å²) in [6, 6.07) is 2.89. The van der Waals surface area contributed by atoms with Crippen LogP contribution in [0, 0.1) is 11.6 Å². The number of ether oxygens (including phenoxy) is 1. The van der Waals surface area contributed by atoms with E-state index in [1.54, 1.807) is 5.10 Å². The topological polar surface area (TPSA) is 129 Å². The number of halogens is 5. The number of anilines is 1. The maximum Gasteiger partial charge on any atom is 0.423 e. The van der Waals surface area contributed by atoms with Gasteiger partial charge in [-0.25, -0.2) is 23.8 Å². The Morgan fingerprint density at radius 1 is 0.952 bits per heavy atom. The van der Waals surface area contributed by atoms with Crippen molar-refractivity contribution in [1.29, 1.82) is 0 Å². The van der Waals surface area contributed by atoms with Gasteiger partial charge in [0.15, 0.2) is 23.2 Å². The van der Waals surface area contributed by atoms with Crippen molar-refractivity contribution in [2.45, 2.75) is 58.5 Å². The third-order valence-electron chi connectivity index (χ3n) is 6.02. The van der Waals surface area contributed by atoms with Crippen LogP contribution < -0.4 is 21.6 Å². The highest BCUT2D eigenvalue weighted by atomic mass is 19.4. The minimum absolute atomic E-state index is 0.0137. The molecule has 0 aliphatic heterocycles. The van der Waals surface area contributed by atoms with Crippen LogP contribution in [0.1, 0.15) is 57.9 Å². The molecule has 3 heterocycles. The Bertz CT molecular complexity index is 1550. The second-order valence-corrected chi connectivity index (χ2v) is 8.84. The Morgan fingerprint density at radius 3 is 1.95 bits per heavy atom. The summed E-state index contributed by atoms with van der Waals surface area (Å²) < 4.78 is 70.6. The molecule has 3 aromatic heterocycles. The van der Waals surface area contributed by atoms with E-state index in [0.717, 1.165) is 6.20 Å². The maximum atomic E-state index is 14.3. The van der Waals surface area contributed by atoms with Gasteiger partial charge in [0.05, 0.1) is 42.3 Å². The van der Waals surface area contributed by atoms with Crippen molar-refractivity contribution in [1.82, 2.24) is 24.7 Å². The number of nitrogens with one attached hydrogen (secondary N) is 1. The van der Waals surface area contributed by atoms with Crippen LogP contribution in [-0.2, 0) is 13.2 Å². The zero-order valence-electron chi connectivity index (χ0n) is 23.7. The molecule has 228 valence electrons. The molecule has 5 rings (SSSR count). The zero-order chi connectivity index (χ0) is 31.4. The standard InChI is InChI=1S/C15H11F2N3O2.C6H12.C5H4F3N3O.C2H6/c1-20-4-3-8-5-10(12(16)13(17)11(8)15(20)21)14-18-6-9(22-2)7-19-14;1-2-4-6-5-3-1;6-5(7,8)3-2(9)1-10-11-4(3)12;1-2/h3-7H,1-2H3;1-6H2;1H,(H3,9,11,12);1-2H3. The molecule has 1 saturated carbocycles. The van der Waals surface area contributed by atoms with Crippen molar-refractivity contribution >= 4 is 16.5 Å². The summed E-state index contributed by atoms with van der Waals surface area (Å²) in [6.45, 7) is 4.00. The molecular weight excluding hydrogens is 563 g/mol. The quantitative estimate of drug-likeness (QED) is 0.271. The highest BCUT2D eigenvalue weighted by Crippen LogP contribution is 2.30. The number of aryl methyl sites for hydroxylation is 1. The van der Waals surface area contributed by atoms with E-state index in [2.05, 4.69) is 15.1 Å². The molecule has 42 heavy (non-hydrogen) atoms. The predicted molar refractivity (Wildman–Crippen MR) is 150 cm³/mol. The number of benzene rings is 1. The first-order valence-corrected chi connectivity index (χ1v) is 13.2. The second-order valence-electron chi connectivity index (χ2n) is 8.84. The number of aromatic nitrogens is 5. The van der Waals surface area contributed by atoms with Gasteiger partial charge in [-0.15, -0.1) is 0 Å². The van der Waals surface area contributed by atoms with E-state index in [1.165, 1.54) is 88.0 Å². The third kappa shape index (κ3) is 8.57. The normalized spacial score (nSPS) is 12.6. The van der Waals surface area contributed by atoms with Gasteiger partial charge in [-0.05, 0) is 17.5 Å². The van der Waals surface area contributed by atoms with Crippen LogP contribution in [0.4, 0.5) is 27.6 Å². The first kappa shape index (κ1) is 33.8. The lowest BCUT2D eigenvalue weighted by Crippen LogP contribution is -2.24. The lowest BCUT2D eigenvalue weighted by molar-refractivity contribution is -0.138. The van der Waals surface area contributed by atoms with E-state index in [4.69, 9.17) is 10.5 Å². The molecule has 0 amide bonds. The van der Waals surface area contributed by atoms with Crippen LogP contribution in [-0.4, -0.2) is 31.8 Å². The average Bonchev–Trinajstić information content (AvgIpc) is 2.98. The van der Waals surface area contributed by atoms with Gasteiger partial charge in [0.2, 0.25) is 0 Å². The van der Waals surface area contributed by atoms with Crippen molar-refractivity contribution in [2.75, 3.05) is 12.8 Å². The number of rotatable bonds is 2. The van der Waals surface area contributed by atoms with Crippen molar-refractivity contribution in [3.63, 3.8) is 0 Å². The molecule has 0 unspecified atom stereocenters. The third-order valence-corrected chi connectivity index (χ3v) is 6.02. The fourth-order valence-electron chi connectivity index (χ4n) is 3.92. The minimum Gasteiger partial charge on any atom is -0.494 e. The summed E-state index contributed by atoms with van der Waals surface area (Å²) >= 11 is 0. The Labute approximate surface area is 238 Å².